The van der Waals surface area contributed by atoms with E-state index in [1.807, 2.05) is 0 Å². The van der Waals surface area contributed by atoms with Crippen molar-refractivity contribution in [2.24, 2.45) is 5.73 Å². The van der Waals surface area contributed by atoms with Crippen molar-refractivity contribution in [2.75, 3.05) is 19.8 Å². The van der Waals surface area contributed by atoms with E-state index in [-0.39, 0.29) is 5.48 Å². The summed E-state index contributed by atoms with van der Waals surface area (Å²) in [5.74, 6) is -10.3. The lowest BCUT2D eigenvalue weighted by atomic mass is 9.94. The molecule has 1 aromatic rings. The van der Waals surface area contributed by atoms with Gasteiger partial charge in [-0.15, -0.1) is 0 Å². The second-order valence-corrected chi connectivity index (χ2v) is 3.82. The van der Waals surface area contributed by atoms with Crippen LogP contribution in [0.3, 0.4) is 0 Å². The molecule has 120 valence electrons. The van der Waals surface area contributed by atoms with Gasteiger partial charge in [-0.05, 0) is 5.46 Å². The molecule has 0 fully saturated rings. The van der Waals surface area contributed by atoms with Crippen LogP contribution in [-0.4, -0.2) is 54.0 Å². The summed E-state index contributed by atoms with van der Waals surface area (Å²) in [4.78, 5) is 0. The van der Waals surface area contributed by atoms with E-state index in [4.69, 9.17) is 21.1 Å². The molecule has 0 spiro atoms. The number of rotatable bonds is 3. The van der Waals surface area contributed by atoms with E-state index in [2.05, 4.69) is 7.85 Å². The van der Waals surface area contributed by atoms with Crippen LogP contribution in [0.1, 0.15) is 0 Å². The monoisotopic (exact) mass is 317 g/mol. The maximum Gasteiger partial charge on any atom is 0.200 e. The fourth-order valence-corrected chi connectivity index (χ4v) is 0.772. The average molecular weight is 317 g/mol. The molecule has 0 aliphatic heterocycles. The van der Waals surface area contributed by atoms with Crippen LogP contribution in [0, 0.1) is 29.1 Å². The summed E-state index contributed by atoms with van der Waals surface area (Å²) in [5.41, 5.74) is 2.57. The molecule has 0 saturated carbocycles. The summed E-state index contributed by atoms with van der Waals surface area (Å²) in [6.45, 7) is -1.21. The fraction of sp³-hybridized carbons (Fsp3) is 0.400. The number of halogens is 5. The van der Waals surface area contributed by atoms with Crippen molar-refractivity contribution in [1.82, 2.24) is 0 Å². The maximum absolute atomic E-state index is 12.3. The molecule has 0 atom stereocenters. The predicted molar refractivity (Wildman–Crippen MR) is 63.4 cm³/mol. The minimum absolute atomic E-state index is 0. The Morgan fingerprint density at radius 1 is 0.762 bits per heavy atom. The van der Waals surface area contributed by atoms with Crippen LogP contribution in [0.4, 0.5) is 22.0 Å². The number of nitrogens with two attached hydrogens (primary N) is 1. The third kappa shape index (κ3) is 5.21. The average Bonchev–Trinajstić information content (AvgIpc) is 2.48. The highest BCUT2D eigenvalue weighted by molar-refractivity contribution is 6.32. The predicted octanol–water partition coefficient (Wildman–Crippen LogP) is -1.99. The van der Waals surface area contributed by atoms with Gasteiger partial charge in [0.2, 0.25) is 0 Å². The van der Waals surface area contributed by atoms with E-state index in [1.165, 1.54) is 0 Å². The summed E-state index contributed by atoms with van der Waals surface area (Å²) in [6.07, 6.45) is 0. The third-order valence-electron chi connectivity index (χ3n) is 2.19. The lowest BCUT2D eigenvalue weighted by molar-refractivity contribution is 0.0697. The van der Waals surface area contributed by atoms with Crippen molar-refractivity contribution in [3.63, 3.8) is 0 Å². The topological polar surface area (TPSA) is 118 Å². The number of hydrogen-bond acceptors (Lipinski definition) is 4. The Morgan fingerprint density at radius 3 is 1.19 bits per heavy atom. The first-order valence-electron chi connectivity index (χ1n) is 5.03. The number of aliphatic hydroxyl groups is 3. The van der Waals surface area contributed by atoms with Crippen molar-refractivity contribution in [2.45, 2.75) is 5.54 Å². The van der Waals surface area contributed by atoms with Crippen LogP contribution in [0.5, 0.6) is 0 Å². The quantitative estimate of drug-likeness (QED) is 0.223. The zero-order valence-electron chi connectivity index (χ0n) is 10.5. The van der Waals surface area contributed by atoms with Crippen LogP contribution >= 0.6 is 0 Å². The summed E-state index contributed by atoms with van der Waals surface area (Å²) >= 11 is 0. The van der Waals surface area contributed by atoms with E-state index in [9.17, 15) is 22.0 Å². The molecule has 11 heteroatoms. The molecule has 0 heterocycles. The van der Waals surface area contributed by atoms with Crippen LogP contribution in [0.2, 0.25) is 0 Å². The van der Waals surface area contributed by atoms with E-state index >= 15 is 0 Å². The standard InChI is InChI=1S/C6BF5.C4H11NO3.H2O/c7-1-2(8)4(10)6(12)5(11)3(1)9;5-4(1-6,2-7)3-8;/h;6-8H,1-3,5H2;1H2. The molecule has 0 unspecified atom stereocenters. The van der Waals surface area contributed by atoms with Gasteiger partial charge in [-0.2, -0.15) is 0 Å². The Kier molecular flexibility index (Phi) is 9.33. The molecular formula is C10H13BF5NO4. The molecular weight excluding hydrogens is 304 g/mol. The smallest absolute Gasteiger partial charge is 0.200 e. The van der Waals surface area contributed by atoms with Crippen molar-refractivity contribution >= 4 is 13.3 Å². The van der Waals surface area contributed by atoms with Gasteiger partial charge >= 0.3 is 0 Å². The fourth-order valence-electron chi connectivity index (χ4n) is 0.772. The molecule has 1 aromatic carbocycles. The van der Waals surface area contributed by atoms with E-state index in [0.29, 0.717) is 0 Å². The number of benzene rings is 1. The van der Waals surface area contributed by atoms with Gasteiger partial charge < -0.3 is 26.5 Å². The van der Waals surface area contributed by atoms with Crippen molar-refractivity contribution in [1.29, 1.82) is 0 Å². The van der Waals surface area contributed by atoms with Crippen molar-refractivity contribution < 1.29 is 42.7 Å². The van der Waals surface area contributed by atoms with Crippen LogP contribution in [0.25, 0.3) is 0 Å². The Balaban J connectivity index is 0. The number of aliphatic hydroxyl groups excluding tert-OH is 3. The van der Waals surface area contributed by atoms with Gasteiger partial charge in [-0.3, -0.25) is 0 Å². The SMILES string of the molecule is NC(CO)(CO)CO.O.[B]c1c(F)c(F)c(F)c(F)c1F. The molecule has 0 bridgehead atoms. The second kappa shape index (κ2) is 8.90. The highest BCUT2D eigenvalue weighted by Gasteiger charge is 2.22. The van der Waals surface area contributed by atoms with Gasteiger partial charge in [-0.1, -0.05) is 0 Å². The van der Waals surface area contributed by atoms with E-state index in [1.54, 1.807) is 0 Å². The molecule has 0 aliphatic carbocycles. The highest BCUT2D eigenvalue weighted by atomic mass is 19.2. The first kappa shape index (κ1) is 22.0. The zero-order valence-corrected chi connectivity index (χ0v) is 10.5. The second-order valence-electron chi connectivity index (χ2n) is 3.82. The van der Waals surface area contributed by atoms with E-state index < -0.39 is 59.9 Å². The molecule has 7 N–H and O–H groups in total. The van der Waals surface area contributed by atoms with Gasteiger partial charge in [0.1, 0.15) is 7.85 Å². The highest BCUT2D eigenvalue weighted by Crippen LogP contribution is 2.14. The van der Waals surface area contributed by atoms with E-state index in [0.717, 1.165) is 0 Å². The maximum atomic E-state index is 12.3. The minimum Gasteiger partial charge on any atom is -0.412 e. The van der Waals surface area contributed by atoms with Gasteiger partial charge in [0, 0.05) is 0 Å². The Bertz CT molecular complexity index is 360. The first-order valence-corrected chi connectivity index (χ1v) is 5.03. The largest absolute Gasteiger partial charge is 0.412 e. The van der Waals surface area contributed by atoms with Gasteiger partial charge in [0.05, 0.1) is 25.4 Å². The van der Waals surface area contributed by atoms with Gasteiger partial charge in [-0.25, -0.2) is 22.0 Å². The van der Waals surface area contributed by atoms with Crippen molar-refractivity contribution in [3.8, 4) is 0 Å². The molecule has 21 heavy (non-hydrogen) atoms. The molecule has 5 nitrogen and oxygen atoms in total. The number of hydrogen-bond donors (Lipinski definition) is 4. The van der Waals surface area contributed by atoms with Crippen molar-refractivity contribution in [3.05, 3.63) is 29.1 Å². The summed E-state index contributed by atoms with van der Waals surface area (Å²) in [7, 11) is 4.56. The molecule has 0 aliphatic rings. The summed E-state index contributed by atoms with van der Waals surface area (Å²) in [5, 5.41) is 25.0. The Hall–Kier alpha value is -1.27. The Labute approximate surface area is 117 Å². The van der Waals surface area contributed by atoms with Crippen LogP contribution in [-0.2, 0) is 0 Å². The molecule has 2 radical (unpaired) electrons. The van der Waals surface area contributed by atoms with Gasteiger partial charge in [0.15, 0.2) is 29.1 Å². The zero-order chi connectivity index (χ0) is 16.1. The minimum atomic E-state index is -2.21. The lowest BCUT2D eigenvalue weighted by Crippen LogP contribution is -2.50. The molecule has 0 aromatic heterocycles. The van der Waals surface area contributed by atoms with Crippen LogP contribution < -0.4 is 11.2 Å². The molecule has 0 amide bonds. The summed E-state index contributed by atoms with van der Waals surface area (Å²) < 4.78 is 61.1. The normalized spacial score (nSPS) is 10.5. The first-order chi connectivity index (χ1) is 9.15. The van der Waals surface area contributed by atoms with Gasteiger partial charge in [0.25, 0.3) is 0 Å². The summed E-state index contributed by atoms with van der Waals surface area (Å²) in [6, 6.07) is 0. The Morgan fingerprint density at radius 2 is 1.00 bits per heavy atom. The lowest BCUT2D eigenvalue weighted by Gasteiger charge is -2.20. The molecule has 1 rings (SSSR count). The molecule has 0 saturated heterocycles. The van der Waals surface area contributed by atoms with Crippen LogP contribution in [0.15, 0.2) is 0 Å². The third-order valence-corrected chi connectivity index (χ3v) is 2.19.